The zero-order valence-electron chi connectivity index (χ0n) is 6.67. The van der Waals surface area contributed by atoms with Crippen molar-refractivity contribution in [3.63, 3.8) is 0 Å². The molecule has 0 bridgehead atoms. The number of benzene rings is 1. The van der Waals surface area contributed by atoms with Crippen molar-refractivity contribution in [1.82, 2.24) is 0 Å². The van der Waals surface area contributed by atoms with Crippen LogP contribution in [0.25, 0.3) is 0 Å². The van der Waals surface area contributed by atoms with E-state index < -0.39 is 11.1 Å². The summed E-state index contributed by atoms with van der Waals surface area (Å²) in [6, 6.07) is 5.34. The molecule has 0 unspecified atom stereocenters. The van der Waals surface area contributed by atoms with Gasteiger partial charge in [0.1, 0.15) is 5.75 Å². The number of rotatable bonds is 3. The number of aromatic carboxylic acids is 1. The third-order valence-corrected chi connectivity index (χ3v) is 1.29. The van der Waals surface area contributed by atoms with Crippen molar-refractivity contribution in [1.29, 1.82) is 0 Å². The first kappa shape index (κ1) is 12.4. The average Bonchev–Trinajstić information content (AvgIpc) is 2.03. The van der Waals surface area contributed by atoms with Crippen LogP contribution in [-0.2, 0) is 16.8 Å². The molecule has 1 aromatic rings. The summed E-state index contributed by atoms with van der Waals surface area (Å²) in [4.78, 5) is 24.5. The van der Waals surface area contributed by atoms with E-state index in [0.717, 1.165) is 0 Å². The number of hydrogen-bond donors (Lipinski definition) is 1. The quantitative estimate of drug-likeness (QED) is 0.629. The maximum atomic E-state index is 10.5. The first-order chi connectivity index (χ1) is 6.11. The van der Waals surface area contributed by atoms with Gasteiger partial charge in [-0.2, -0.15) is 0 Å². The van der Waals surface area contributed by atoms with E-state index in [9.17, 15) is 14.9 Å². The molecular formula is C7H5CoNO5. The Morgan fingerprint density at radius 1 is 1.43 bits per heavy atom. The van der Waals surface area contributed by atoms with Crippen molar-refractivity contribution in [2.75, 3.05) is 0 Å². The van der Waals surface area contributed by atoms with E-state index in [-0.39, 0.29) is 28.1 Å². The van der Waals surface area contributed by atoms with E-state index in [1.807, 2.05) is 0 Å². The summed E-state index contributed by atoms with van der Waals surface area (Å²) < 4.78 is 0. The first-order valence-corrected chi connectivity index (χ1v) is 3.26. The summed E-state index contributed by atoms with van der Waals surface area (Å²) in [5.41, 5.74) is -0.237. The van der Waals surface area contributed by atoms with Crippen molar-refractivity contribution in [3.8, 4) is 5.75 Å². The van der Waals surface area contributed by atoms with Gasteiger partial charge in [0.15, 0.2) is 0 Å². The van der Waals surface area contributed by atoms with Gasteiger partial charge in [0.25, 0.3) is 5.09 Å². The minimum Gasteiger partial charge on any atom is -0.478 e. The molecular weight excluding hydrogens is 237 g/mol. The number of carbonyl (C=O) groups is 1. The number of hydrogen-bond acceptors (Lipinski definition) is 4. The van der Waals surface area contributed by atoms with Gasteiger partial charge in [0.2, 0.25) is 0 Å². The van der Waals surface area contributed by atoms with E-state index in [1.165, 1.54) is 24.3 Å². The Kier molecular flexibility index (Phi) is 4.60. The van der Waals surface area contributed by atoms with Crippen LogP contribution < -0.4 is 4.84 Å². The van der Waals surface area contributed by atoms with Crippen molar-refractivity contribution < 1.29 is 36.6 Å². The minimum absolute atomic E-state index is 0. The number of carboxylic acid groups (broad SMARTS) is 1. The molecule has 0 heterocycles. The van der Waals surface area contributed by atoms with E-state index in [4.69, 9.17) is 5.11 Å². The molecule has 1 aromatic carbocycles. The molecule has 1 rings (SSSR count). The van der Waals surface area contributed by atoms with E-state index in [2.05, 4.69) is 4.84 Å². The predicted octanol–water partition coefficient (Wildman–Crippen LogP) is 0.953. The SMILES string of the molecule is O=C(O)c1ccccc1O[N+](=O)[O-].[Co]. The Morgan fingerprint density at radius 2 is 2.00 bits per heavy atom. The molecule has 0 aliphatic carbocycles. The number of para-hydroxylation sites is 1. The van der Waals surface area contributed by atoms with Crippen LogP contribution in [0.15, 0.2) is 24.3 Å². The topological polar surface area (TPSA) is 89.7 Å². The summed E-state index contributed by atoms with van der Waals surface area (Å²) in [5.74, 6) is -1.54. The summed E-state index contributed by atoms with van der Waals surface area (Å²) in [6.45, 7) is 0. The zero-order chi connectivity index (χ0) is 9.84. The summed E-state index contributed by atoms with van der Waals surface area (Å²) >= 11 is 0. The second-order valence-corrected chi connectivity index (χ2v) is 2.12. The Bertz CT molecular complexity index is 354. The fourth-order valence-electron chi connectivity index (χ4n) is 0.803. The van der Waals surface area contributed by atoms with Gasteiger partial charge in [-0.15, -0.1) is 10.1 Å². The van der Waals surface area contributed by atoms with Crippen LogP contribution >= 0.6 is 0 Å². The molecule has 0 atom stereocenters. The number of nitrogens with zero attached hydrogens (tertiary/aromatic N) is 1. The minimum atomic E-state index is -1.27. The molecule has 0 aliphatic rings. The maximum absolute atomic E-state index is 10.5. The standard InChI is InChI=1S/C7H5NO5.Co/c9-7(10)5-3-1-2-4-6(5)13-8(11)12;/h1-4H,(H,9,10);. The van der Waals surface area contributed by atoms with Gasteiger partial charge in [-0.1, -0.05) is 12.1 Å². The molecule has 1 N–H and O–H groups in total. The van der Waals surface area contributed by atoms with Crippen LogP contribution in [0.1, 0.15) is 10.4 Å². The van der Waals surface area contributed by atoms with Gasteiger partial charge in [-0.05, 0) is 12.1 Å². The molecule has 0 saturated carbocycles. The van der Waals surface area contributed by atoms with Gasteiger partial charge in [-0.3, -0.25) is 4.84 Å². The molecule has 0 amide bonds. The molecule has 0 spiro atoms. The smallest absolute Gasteiger partial charge is 0.337 e. The van der Waals surface area contributed by atoms with Crippen LogP contribution in [0.5, 0.6) is 5.75 Å². The molecule has 77 valence electrons. The second-order valence-electron chi connectivity index (χ2n) is 2.12. The Labute approximate surface area is 88.8 Å². The van der Waals surface area contributed by atoms with Crippen LogP contribution in [0.3, 0.4) is 0 Å². The fraction of sp³-hybridized carbons (Fsp3) is 0. The van der Waals surface area contributed by atoms with Gasteiger partial charge in [0, 0.05) is 16.8 Å². The molecule has 6 nitrogen and oxygen atoms in total. The van der Waals surface area contributed by atoms with Crippen molar-refractivity contribution >= 4 is 5.97 Å². The third-order valence-electron chi connectivity index (χ3n) is 1.29. The Hall–Kier alpha value is -1.60. The van der Waals surface area contributed by atoms with Gasteiger partial charge in [-0.25, -0.2) is 4.79 Å². The summed E-state index contributed by atoms with van der Waals surface area (Å²) in [6.07, 6.45) is 0. The van der Waals surface area contributed by atoms with Crippen molar-refractivity contribution in [3.05, 3.63) is 39.9 Å². The average molecular weight is 242 g/mol. The molecule has 0 fully saturated rings. The Morgan fingerprint density at radius 3 is 2.50 bits per heavy atom. The molecule has 14 heavy (non-hydrogen) atoms. The molecule has 1 radical (unpaired) electrons. The summed E-state index contributed by atoms with van der Waals surface area (Å²) in [5, 5.41) is 17.5. The monoisotopic (exact) mass is 242 g/mol. The van der Waals surface area contributed by atoms with Crippen LogP contribution in [0, 0.1) is 10.1 Å². The van der Waals surface area contributed by atoms with Crippen molar-refractivity contribution in [2.45, 2.75) is 0 Å². The van der Waals surface area contributed by atoms with Gasteiger partial charge < -0.3 is 5.11 Å². The van der Waals surface area contributed by atoms with Crippen LogP contribution in [0.4, 0.5) is 0 Å². The second kappa shape index (κ2) is 5.20. The Balaban J connectivity index is 0.00000169. The van der Waals surface area contributed by atoms with E-state index >= 15 is 0 Å². The van der Waals surface area contributed by atoms with Crippen LogP contribution in [0.2, 0.25) is 0 Å². The largest absolute Gasteiger partial charge is 0.478 e. The summed E-state index contributed by atoms with van der Waals surface area (Å²) in [7, 11) is 0. The number of carboxylic acids is 1. The normalized spacial score (nSPS) is 8.57. The van der Waals surface area contributed by atoms with Gasteiger partial charge in [0.05, 0.1) is 5.56 Å². The molecule has 0 aliphatic heterocycles. The zero-order valence-corrected chi connectivity index (χ0v) is 7.71. The van der Waals surface area contributed by atoms with E-state index in [0.29, 0.717) is 0 Å². The third kappa shape index (κ3) is 3.03. The maximum Gasteiger partial charge on any atom is 0.337 e. The van der Waals surface area contributed by atoms with Crippen LogP contribution in [-0.4, -0.2) is 16.2 Å². The molecule has 0 saturated heterocycles. The van der Waals surface area contributed by atoms with Crippen molar-refractivity contribution in [2.24, 2.45) is 0 Å². The first-order valence-electron chi connectivity index (χ1n) is 3.26. The fourth-order valence-corrected chi connectivity index (χ4v) is 0.803. The predicted molar refractivity (Wildman–Crippen MR) is 41.0 cm³/mol. The molecule has 0 aromatic heterocycles. The molecule has 7 heteroatoms. The van der Waals surface area contributed by atoms with Gasteiger partial charge >= 0.3 is 5.97 Å². The van der Waals surface area contributed by atoms with E-state index in [1.54, 1.807) is 0 Å².